The van der Waals surface area contributed by atoms with E-state index in [-0.39, 0.29) is 11.7 Å². The highest BCUT2D eigenvalue weighted by atomic mass is 16.5. The van der Waals surface area contributed by atoms with Crippen molar-refractivity contribution in [2.75, 3.05) is 12.8 Å². The van der Waals surface area contributed by atoms with Crippen LogP contribution in [0.4, 0.5) is 5.82 Å². The van der Waals surface area contributed by atoms with Crippen molar-refractivity contribution in [3.63, 3.8) is 0 Å². The standard InChI is InChI=1S/C15H17N3O2/c1-9-17-13(15(19)20-2)14(16)18(9)12-8-11(12)10-6-4-3-5-7-10/h3-7,11-12H,8,16H2,1-2H3. The molecule has 1 aliphatic rings. The summed E-state index contributed by atoms with van der Waals surface area (Å²) < 4.78 is 6.65. The molecule has 0 bridgehead atoms. The van der Waals surface area contributed by atoms with Crippen LogP contribution in [0.25, 0.3) is 0 Å². The Kier molecular flexibility index (Phi) is 2.97. The Labute approximate surface area is 117 Å². The molecule has 1 aromatic heterocycles. The zero-order chi connectivity index (χ0) is 14.3. The van der Waals surface area contributed by atoms with Crippen LogP contribution in [0.15, 0.2) is 30.3 Å². The fourth-order valence-corrected chi connectivity index (χ4v) is 2.75. The number of nitrogens with two attached hydrogens (primary N) is 1. The molecule has 2 unspecified atom stereocenters. The van der Waals surface area contributed by atoms with Gasteiger partial charge in [0.2, 0.25) is 0 Å². The molecule has 1 heterocycles. The number of imidazole rings is 1. The molecule has 2 N–H and O–H groups in total. The van der Waals surface area contributed by atoms with E-state index < -0.39 is 5.97 Å². The molecule has 1 saturated carbocycles. The Morgan fingerprint density at radius 3 is 2.75 bits per heavy atom. The third-order valence-electron chi connectivity index (χ3n) is 3.82. The molecular weight excluding hydrogens is 254 g/mol. The summed E-state index contributed by atoms with van der Waals surface area (Å²) in [6, 6.07) is 10.6. The molecule has 0 aliphatic heterocycles. The zero-order valence-corrected chi connectivity index (χ0v) is 11.5. The summed E-state index contributed by atoms with van der Waals surface area (Å²) in [5, 5.41) is 0. The van der Waals surface area contributed by atoms with Crippen LogP contribution >= 0.6 is 0 Å². The lowest BCUT2D eigenvalue weighted by molar-refractivity contribution is 0.0595. The van der Waals surface area contributed by atoms with Crippen molar-refractivity contribution in [2.45, 2.75) is 25.3 Å². The van der Waals surface area contributed by atoms with Crippen LogP contribution in [0.1, 0.15) is 40.3 Å². The van der Waals surface area contributed by atoms with E-state index in [0.717, 1.165) is 12.2 Å². The number of carbonyl (C=O) groups is 1. The molecule has 1 aliphatic carbocycles. The van der Waals surface area contributed by atoms with Gasteiger partial charge in [0, 0.05) is 12.0 Å². The second-order valence-electron chi connectivity index (χ2n) is 5.07. The number of hydrogen-bond donors (Lipinski definition) is 1. The number of hydrogen-bond acceptors (Lipinski definition) is 4. The van der Waals surface area contributed by atoms with Crippen LogP contribution in [0, 0.1) is 6.92 Å². The number of anilines is 1. The van der Waals surface area contributed by atoms with Gasteiger partial charge >= 0.3 is 5.97 Å². The molecule has 2 atom stereocenters. The van der Waals surface area contributed by atoms with Crippen molar-refractivity contribution in [3.8, 4) is 0 Å². The predicted molar refractivity (Wildman–Crippen MR) is 75.6 cm³/mol. The van der Waals surface area contributed by atoms with E-state index in [9.17, 15) is 4.79 Å². The number of esters is 1. The van der Waals surface area contributed by atoms with E-state index in [2.05, 4.69) is 17.1 Å². The monoisotopic (exact) mass is 271 g/mol. The van der Waals surface area contributed by atoms with Crippen LogP contribution < -0.4 is 5.73 Å². The Balaban J connectivity index is 1.90. The molecule has 104 valence electrons. The minimum atomic E-state index is -0.485. The number of nitrogens with zero attached hydrogens (tertiary/aromatic N) is 2. The van der Waals surface area contributed by atoms with E-state index in [1.807, 2.05) is 29.7 Å². The van der Waals surface area contributed by atoms with Crippen molar-refractivity contribution >= 4 is 11.8 Å². The summed E-state index contributed by atoms with van der Waals surface area (Å²) in [6.07, 6.45) is 1.02. The fourth-order valence-electron chi connectivity index (χ4n) is 2.75. The van der Waals surface area contributed by atoms with Gasteiger partial charge < -0.3 is 15.0 Å². The van der Waals surface area contributed by atoms with Gasteiger partial charge in [-0.2, -0.15) is 0 Å². The summed E-state index contributed by atoms with van der Waals surface area (Å²) >= 11 is 0. The van der Waals surface area contributed by atoms with Gasteiger partial charge in [-0.05, 0) is 18.9 Å². The SMILES string of the molecule is COC(=O)c1nc(C)n(C2CC2c2ccccc2)c1N. The summed E-state index contributed by atoms with van der Waals surface area (Å²) in [6.45, 7) is 1.86. The summed E-state index contributed by atoms with van der Waals surface area (Å²) in [5.74, 6) is 1.11. The number of aromatic nitrogens is 2. The van der Waals surface area contributed by atoms with Crippen molar-refractivity contribution < 1.29 is 9.53 Å². The van der Waals surface area contributed by atoms with Crippen molar-refractivity contribution in [1.29, 1.82) is 0 Å². The minimum absolute atomic E-state index is 0.212. The zero-order valence-electron chi connectivity index (χ0n) is 11.5. The quantitative estimate of drug-likeness (QED) is 0.869. The lowest BCUT2D eigenvalue weighted by Crippen LogP contribution is -2.08. The predicted octanol–water partition coefficient (Wildman–Crippen LogP) is 2.29. The van der Waals surface area contributed by atoms with E-state index >= 15 is 0 Å². The normalized spacial score (nSPS) is 20.7. The van der Waals surface area contributed by atoms with Gasteiger partial charge in [-0.3, -0.25) is 0 Å². The molecule has 0 radical (unpaired) electrons. The molecular formula is C15H17N3O2. The van der Waals surface area contributed by atoms with E-state index in [0.29, 0.717) is 11.7 Å². The average Bonchev–Trinajstić information content (AvgIpc) is 3.19. The van der Waals surface area contributed by atoms with Crippen LogP contribution in [0.5, 0.6) is 0 Å². The first-order chi connectivity index (χ1) is 9.63. The third-order valence-corrected chi connectivity index (χ3v) is 3.82. The molecule has 0 spiro atoms. The summed E-state index contributed by atoms with van der Waals surface area (Å²) in [5.41, 5.74) is 7.57. The first-order valence-corrected chi connectivity index (χ1v) is 6.61. The van der Waals surface area contributed by atoms with Crippen molar-refractivity contribution in [1.82, 2.24) is 9.55 Å². The molecule has 1 fully saturated rings. The maximum atomic E-state index is 11.6. The van der Waals surface area contributed by atoms with Crippen LogP contribution in [-0.2, 0) is 4.74 Å². The highest BCUT2D eigenvalue weighted by Crippen LogP contribution is 2.52. The van der Waals surface area contributed by atoms with Gasteiger partial charge in [-0.1, -0.05) is 30.3 Å². The second-order valence-corrected chi connectivity index (χ2v) is 5.07. The Hall–Kier alpha value is -2.30. The number of ether oxygens (including phenoxy) is 1. The number of methoxy groups -OCH3 is 1. The molecule has 20 heavy (non-hydrogen) atoms. The van der Waals surface area contributed by atoms with Crippen molar-refractivity contribution in [2.24, 2.45) is 0 Å². The lowest BCUT2D eigenvalue weighted by Gasteiger charge is -2.07. The summed E-state index contributed by atoms with van der Waals surface area (Å²) in [4.78, 5) is 15.8. The number of benzene rings is 1. The van der Waals surface area contributed by atoms with Gasteiger partial charge in [0.1, 0.15) is 11.6 Å². The Morgan fingerprint density at radius 2 is 2.10 bits per heavy atom. The maximum absolute atomic E-state index is 11.6. The number of nitrogen functional groups attached to an aromatic ring is 1. The first-order valence-electron chi connectivity index (χ1n) is 6.61. The van der Waals surface area contributed by atoms with Crippen LogP contribution in [0.2, 0.25) is 0 Å². The molecule has 3 rings (SSSR count). The largest absolute Gasteiger partial charge is 0.464 e. The molecule has 5 heteroatoms. The molecule has 1 aromatic carbocycles. The molecule has 0 saturated heterocycles. The Bertz CT molecular complexity index is 649. The number of rotatable bonds is 3. The maximum Gasteiger partial charge on any atom is 0.360 e. The van der Waals surface area contributed by atoms with Crippen LogP contribution in [-0.4, -0.2) is 22.6 Å². The van der Waals surface area contributed by atoms with Gasteiger partial charge in [-0.15, -0.1) is 0 Å². The molecule has 5 nitrogen and oxygen atoms in total. The highest BCUT2D eigenvalue weighted by Gasteiger charge is 2.42. The number of carbonyl (C=O) groups excluding carboxylic acids is 1. The minimum Gasteiger partial charge on any atom is -0.464 e. The second kappa shape index (κ2) is 4.67. The number of aryl methyl sites for hydroxylation is 1. The lowest BCUT2D eigenvalue weighted by atomic mass is 10.1. The van der Waals surface area contributed by atoms with Gasteiger partial charge in [0.25, 0.3) is 0 Å². The topological polar surface area (TPSA) is 70.1 Å². The highest BCUT2D eigenvalue weighted by molar-refractivity contribution is 5.92. The van der Waals surface area contributed by atoms with Crippen molar-refractivity contribution in [3.05, 3.63) is 47.4 Å². The van der Waals surface area contributed by atoms with E-state index in [4.69, 9.17) is 10.5 Å². The van der Waals surface area contributed by atoms with Gasteiger partial charge in [-0.25, -0.2) is 9.78 Å². The Morgan fingerprint density at radius 1 is 1.40 bits per heavy atom. The average molecular weight is 271 g/mol. The van der Waals surface area contributed by atoms with Gasteiger partial charge in [0.15, 0.2) is 5.69 Å². The first kappa shape index (κ1) is 12.7. The summed E-state index contributed by atoms with van der Waals surface area (Å²) in [7, 11) is 1.33. The van der Waals surface area contributed by atoms with Gasteiger partial charge in [0.05, 0.1) is 7.11 Å². The third kappa shape index (κ3) is 1.95. The molecule has 2 aromatic rings. The molecule has 0 amide bonds. The fraction of sp³-hybridized carbons (Fsp3) is 0.333. The van der Waals surface area contributed by atoms with E-state index in [1.165, 1.54) is 12.7 Å². The van der Waals surface area contributed by atoms with E-state index in [1.54, 1.807) is 0 Å². The van der Waals surface area contributed by atoms with Crippen LogP contribution in [0.3, 0.4) is 0 Å². The smallest absolute Gasteiger partial charge is 0.360 e.